The smallest absolute Gasteiger partial charge is 0.119 e. The van der Waals surface area contributed by atoms with Crippen LogP contribution in [0.5, 0.6) is 0 Å². The van der Waals surface area contributed by atoms with E-state index in [0.29, 0.717) is 29.9 Å². The minimum atomic E-state index is -0.435. The molecule has 0 aromatic rings. The van der Waals surface area contributed by atoms with Crippen molar-refractivity contribution in [3.63, 3.8) is 0 Å². The zero-order chi connectivity index (χ0) is 15.7. The molecule has 4 aliphatic carbocycles. The van der Waals surface area contributed by atoms with E-state index in [-0.39, 0.29) is 16.7 Å². The predicted molar refractivity (Wildman–Crippen MR) is 85.3 cm³/mol. The molecule has 0 aromatic carbocycles. The zero-order valence-corrected chi connectivity index (χ0v) is 13.5. The average molecular weight is 303 g/mol. The van der Waals surface area contributed by atoms with Crippen LogP contribution in [0, 0.1) is 28.6 Å². The first-order valence-electron chi connectivity index (χ1n) is 8.59. The maximum atomic E-state index is 14.2. The molecule has 22 heavy (non-hydrogen) atoms. The first-order valence-corrected chi connectivity index (χ1v) is 8.59. The van der Waals surface area contributed by atoms with E-state index in [1.807, 2.05) is 12.2 Å². The summed E-state index contributed by atoms with van der Waals surface area (Å²) in [6, 6.07) is 0. The molecule has 6 atom stereocenters. The van der Waals surface area contributed by atoms with Gasteiger partial charge in [-0.05, 0) is 43.4 Å². The molecule has 0 heterocycles. The zero-order valence-electron chi connectivity index (χ0n) is 13.5. The number of rotatable bonds is 0. The Labute approximate surface area is 132 Å². The molecular weight excluding hydrogens is 277 g/mol. The molecule has 3 heteroatoms. The van der Waals surface area contributed by atoms with E-state index in [1.165, 1.54) is 5.57 Å². The molecule has 0 saturated heterocycles. The van der Waals surface area contributed by atoms with Crippen LogP contribution in [0.15, 0.2) is 35.3 Å². The van der Waals surface area contributed by atoms with Gasteiger partial charge in [0.15, 0.2) is 0 Å². The maximum absolute atomic E-state index is 14.2. The lowest BCUT2D eigenvalue weighted by Gasteiger charge is -2.56. The molecule has 0 aromatic heterocycles. The van der Waals surface area contributed by atoms with E-state index >= 15 is 0 Å². The molecule has 0 unspecified atom stereocenters. The molecule has 0 spiro atoms. The van der Waals surface area contributed by atoms with Crippen molar-refractivity contribution in [3.8, 4) is 0 Å². The highest BCUT2D eigenvalue weighted by Crippen LogP contribution is 2.65. The molecule has 3 N–H and O–H groups in total. The van der Waals surface area contributed by atoms with Gasteiger partial charge < -0.3 is 10.8 Å². The summed E-state index contributed by atoms with van der Waals surface area (Å²) in [5.41, 5.74) is 7.93. The molecule has 0 aliphatic heterocycles. The number of hydrogen-bond donors (Lipinski definition) is 2. The number of halogens is 1. The largest absolute Gasteiger partial charge is 0.400 e. The molecule has 0 bridgehead atoms. The Balaban J connectivity index is 1.70. The van der Waals surface area contributed by atoms with E-state index in [4.69, 9.17) is 5.73 Å². The summed E-state index contributed by atoms with van der Waals surface area (Å²) in [6.07, 6.45) is 10.5. The lowest BCUT2D eigenvalue weighted by molar-refractivity contribution is -0.00830. The molecule has 0 radical (unpaired) electrons. The second kappa shape index (κ2) is 4.47. The third-order valence-electron chi connectivity index (χ3n) is 7.35. The van der Waals surface area contributed by atoms with E-state index < -0.39 is 6.10 Å². The standard InChI is InChI=1S/C19H26FNO/c1-18-7-5-12(22)9-11(18)3-4-13-14(18)6-8-19(2)15(13)10-16(20)17(19)21/h5,7,9,12-15,22H,3-4,6,8,10,21H2,1-2H3/t12-,13+,14-,15-,18-,19-/m0/s1. The Kier molecular flexibility index (Phi) is 2.95. The van der Waals surface area contributed by atoms with Gasteiger partial charge in [0.2, 0.25) is 0 Å². The van der Waals surface area contributed by atoms with Crippen molar-refractivity contribution in [1.29, 1.82) is 0 Å². The molecule has 2 saturated carbocycles. The summed E-state index contributed by atoms with van der Waals surface area (Å²) in [6.45, 7) is 4.48. The summed E-state index contributed by atoms with van der Waals surface area (Å²) in [7, 11) is 0. The van der Waals surface area contributed by atoms with Crippen molar-refractivity contribution >= 4 is 0 Å². The monoisotopic (exact) mass is 303 g/mol. The summed E-state index contributed by atoms with van der Waals surface area (Å²) >= 11 is 0. The summed E-state index contributed by atoms with van der Waals surface area (Å²) < 4.78 is 14.2. The molecular formula is C19H26FNO. The number of nitrogens with two attached hydrogens (primary N) is 1. The van der Waals surface area contributed by atoms with Crippen LogP contribution in [0.25, 0.3) is 0 Å². The van der Waals surface area contributed by atoms with Crippen molar-refractivity contribution in [2.45, 2.75) is 52.1 Å². The Bertz CT molecular complexity index is 607. The molecule has 0 amide bonds. The van der Waals surface area contributed by atoms with E-state index in [0.717, 1.165) is 25.7 Å². The molecule has 4 rings (SSSR count). The number of allylic oxidation sites excluding steroid dienone is 4. The van der Waals surface area contributed by atoms with Gasteiger partial charge in [0.05, 0.1) is 6.10 Å². The van der Waals surface area contributed by atoms with Crippen molar-refractivity contribution < 1.29 is 9.50 Å². The van der Waals surface area contributed by atoms with E-state index in [1.54, 1.807) is 0 Å². The van der Waals surface area contributed by atoms with Crippen LogP contribution < -0.4 is 5.73 Å². The fraction of sp³-hybridized carbons (Fsp3) is 0.684. The van der Waals surface area contributed by atoms with E-state index in [2.05, 4.69) is 19.9 Å². The number of aliphatic hydroxyl groups excluding tert-OH is 1. The van der Waals surface area contributed by atoms with Gasteiger partial charge in [0.25, 0.3) is 0 Å². The first-order chi connectivity index (χ1) is 10.4. The fourth-order valence-electron chi connectivity index (χ4n) is 5.96. The highest BCUT2D eigenvalue weighted by Gasteiger charge is 2.57. The number of fused-ring (bicyclic) bond motifs is 5. The lowest BCUT2D eigenvalue weighted by atomic mass is 9.48. The van der Waals surface area contributed by atoms with Crippen LogP contribution >= 0.6 is 0 Å². The van der Waals surface area contributed by atoms with Crippen LogP contribution in [-0.4, -0.2) is 11.2 Å². The van der Waals surface area contributed by atoms with Crippen molar-refractivity contribution in [2.75, 3.05) is 0 Å². The van der Waals surface area contributed by atoms with Crippen LogP contribution in [0.3, 0.4) is 0 Å². The molecule has 2 nitrogen and oxygen atoms in total. The maximum Gasteiger partial charge on any atom is 0.119 e. The topological polar surface area (TPSA) is 46.2 Å². The Morgan fingerprint density at radius 1 is 1.27 bits per heavy atom. The third kappa shape index (κ3) is 1.69. The summed E-state index contributed by atoms with van der Waals surface area (Å²) in [5.74, 6) is 1.37. The lowest BCUT2D eigenvalue weighted by Crippen LogP contribution is -2.49. The van der Waals surface area contributed by atoms with Gasteiger partial charge >= 0.3 is 0 Å². The van der Waals surface area contributed by atoms with Gasteiger partial charge in [-0.1, -0.05) is 37.6 Å². The fourth-order valence-corrected chi connectivity index (χ4v) is 5.96. The second-order valence-electron chi connectivity index (χ2n) is 8.22. The van der Waals surface area contributed by atoms with Crippen molar-refractivity contribution in [1.82, 2.24) is 0 Å². The Morgan fingerprint density at radius 3 is 2.82 bits per heavy atom. The normalized spacial score (nSPS) is 50.3. The minimum Gasteiger partial charge on any atom is -0.400 e. The van der Waals surface area contributed by atoms with Crippen molar-refractivity contribution in [2.24, 2.45) is 34.3 Å². The Morgan fingerprint density at radius 2 is 2.05 bits per heavy atom. The highest BCUT2D eigenvalue weighted by atomic mass is 19.1. The highest BCUT2D eigenvalue weighted by molar-refractivity contribution is 5.35. The summed E-state index contributed by atoms with van der Waals surface area (Å²) in [5, 5.41) is 9.88. The van der Waals surface area contributed by atoms with Gasteiger partial charge in [-0.3, -0.25) is 0 Å². The van der Waals surface area contributed by atoms with Crippen LogP contribution in [0.1, 0.15) is 46.0 Å². The van der Waals surface area contributed by atoms with Crippen LogP contribution in [0.4, 0.5) is 4.39 Å². The number of aliphatic hydroxyl groups is 1. The SMILES string of the molecule is C[C@]12C=C[C@H](O)C=C1CC[C@@H]1[C@@H]2CC[C@]2(C)C(N)=C(F)C[C@@H]12. The molecule has 4 aliphatic rings. The average Bonchev–Trinajstić information content (AvgIpc) is 2.72. The summed E-state index contributed by atoms with van der Waals surface area (Å²) in [4.78, 5) is 0. The Hall–Kier alpha value is -1.09. The third-order valence-corrected chi connectivity index (χ3v) is 7.35. The molecule has 2 fully saturated rings. The van der Waals surface area contributed by atoms with Crippen LogP contribution in [0.2, 0.25) is 0 Å². The van der Waals surface area contributed by atoms with E-state index in [9.17, 15) is 9.50 Å². The van der Waals surface area contributed by atoms with Crippen molar-refractivity contribution in [3.05, 3.63) is 35.3 Å². The second-order valence-corrected chi connectivity index (χ2v) is 8.22. The van der Waals surface area contributed by atoms with Gasteiger partial charge in [-0.25, -0.2) is 4.39 Å². The van der Waals surface area contributed by atoms with Gasteiger partial charge in [-0.15, -0.1) is 0 Å². The van der Waals surface area contributed by atoms with Gasteiger partial charge in [0, 0.05) is 22.9 Å². The van der Waals surface area contributed by atoms with Crippen LogP contribution in [-0.2, 0) is 0 Å². The minimum absolute atomic E-state index is 0.0390. The van der Waals surface area contributed by atoms with Gasteiger partial charge in [0.1, 0.15) is 5.83 Å². The first kappa shape index (κ1) is 14.5. The van der Waals surface area contributed by atoms with Gasteiger partial charge in [-0.2, -0.15) is 0 Å². The number of hydrogen-bond acceptors (Lipinski definition) is 2. The quantitative estimate of drug-likeness (QED) is 0.668. The molecule has 120 valence electrons. The predicted octanol–water partition coefficient (Wildman–Crippen LogP) is 3.84.